The topological polar surface area (TPSA) is 78.9 Å². The third kappa shape index (κ3) is 2.70. The van der Waals surface area contributed by atoms with Crippen LogP contribution in [0.25, 0.3) is 0 Å². The maximum atomic E-state index is 12.0. The number of amidine groups is 1. The summed E-state index contributed by atoms with van der Waals surface area (Å²) in [5, 5.41) is 9.30. The molecule has 2 rings (SSSR count). The summed E-state index contributed by atoms with van der Waals surface area (Å²) in [5.41, 5.74) is 6.32. The number of aromatic hydroxyl groups is 1. The summed E-state index contributed by atoms with van der Waals surface area (Å²) < 4.78 is 0. The summed E-state index contributed by atoms with van der Waals surface area (Å²) >= 11 is 0. The number of rotatable bonds is 4. The van der Waals surface area contributed by atoms with Gasteiger partial charge in [-0.3, -0.25) is 4.90 Å². The van der Waals surface area contributed by atoms with E-state index in [0.717, 1.165) is 5.56 Å². The molecule has 0 fully saturated rings. The molecule has 1 aromatic rings. The summed E-state index contributed by atoms with van der Waals surface area (Å²) in [4.78, 5) is 17.4. The van der Waals surface area contributed by atoms with E-state index in [-0.39, 0.29) is 17.8 Å². The Kier molecular flexibility index (Phi) is 3.90. The number of amides is 2. The van der Waals surface area contributed by atoms with Gasteiger partial charge in [-0.2, -0.15) is 4.99 Å². The van der Waals surface area contributed by atoms with Gasteiger partial charge in [0.15, 0.2) is 0 Å². The van der Waals surface area contributed by atoms with Crippen molar-refractivity contribution in [2.24, 2.45) is 10.7 Å². The van der Waals surface area contributed by atoms with Gasteiger partial charge in [-0.1, -0.05) is 18.1 Å². The number of nitrogens with zero attached hydrogens (tertiary/aromatic N) is 2. The molecule has 110 valence electrons. The number of carbonyl (C=O) groups excluding carboxylic acids is 1. The van der Waals surface area contributed by atoms with Gasteiger partial charge in [-0.25, -0.2) is 4.79 Å². The lowest BCUT2D eigenvalue weighted by molar-refractivity contribution is 0.162. The van der Waals surface area contributed by atoms with Gasteiger partial charge in [-0.05, 0) is 44.4 Å². The lowest BCUT2D eigenvalue weighted by atomic mass is 9.90. The van der Waals surface area contributed by atoms with Crippen LogP contribution >= 0.6 is 0 Å². The van der Waals surface area contributed by atoms with Crippen LogP contribution in [-0.4, -0.2) is 33.5 Å². The van der Waals surface area contributed by atoms with E-state index in [1.807, 2.05) is 19.1 Å². The highest BCUT2D eigenvalue weighted by molar-refractivity contribution is 6.05. The molecule has 5 heteroatoms. The van der Waals surface area contributed by atoms with Gasteiger partial charge >= 0.3 is 6.03 Å². The van der Waals surface area contributed by atoms with Crippen LogP contribution < -0.4 is 5.73 Å². The zero-order valence-corrected chi connectivity index (χ0v) is 12.2. The van der Waals surface area contributed by atoms with Crippen LogP contribution in [0.15, 0.2) is 29.3 Å². The number of terminal acetylenes is 1. The fourth-order valence-corrected chi connectivity index (χ4v) is 2.58. The summed E-state index contributed by atoms with van der Waals surface area (Å²) in [5.74, 6) is 3.09. The SMILES string of the molecule is C#CC(C)N1C(=O)N=C(N)C1(C)CCc1ccc(O)cc1. The molecule has 1 aromatic carbocycles. The van der Waals surface area contributed by atoms with Crippen molar-refractivity contribution in [2.75, 3.05) is 0 Å². The highest BCUT2D eigenvalue weighted by Gasteiger charge is 2.46. The summed E-state index contributed by atoms with van der Waals surface area (Å²) in [6.45, 7) is 3.66. The first kappa shape index (κ1) is 14.9. The van der Waals surface area contributed by atoms with E-state index >= 15 is 0 Å². The Morgan fingerprint density at radius 1 is 1.48 bits per heavy atom. The first-order chi connectivity index (χ1) is 9.88. The second kappa shape index (κ2) is 5.49. The maximum Gasteiger partial charge on any atom is 0.347 e. The van der Waals surface area contributed by atoms with E-state index in [4.69, 9.17) is 12.2 Å². The number of carbonyl (C=O) groups is 1. The van der Waals surface area contributed by atoms with Gasteiger partial charge in [0.2, 0.25) is 0 Å². The fourth-order valence-electron chi connectivity index (χ4n) is 2.58. The van der Waals surface area contributed by atoms with Crippen LogP contribution in [0.1, 0.15) is 25.8 Å². The van der Waals surface area contributed by atoms with Gasteiger partial charge in [0.25, 0.3) is 0 Å². The first-order valence-electron chi connectivity index (χ1n) is 6.80. The number of nitrogens with two attached hydrogens (primary N) is 1. The third-order valence-corrected chi connectivity index (χ3v) is 3.97. The summed E-state index contributed by atoms with van der Waals surface area (Å²) in [7, 11) is 0. The van der Waals surface area contributed by atoms with Crippen molar-refractivity contribution in [1.29, 1.82) is 0 Å². The van der Waals surface area contributed by atoms with E-state index in [9.17, 15) is 9.90 Å². The van der Waals surface area contributed by atoms with Crippen LogP contribution in [-0.2, 0) is 6.42 Å². The second-order valence-electron chi connectivity index (χ2n) is 5.43. The molecular weight excluding hydrogens is 266 g/mol. The van der Waals surface area contributed by atoms with Crippen molar-refractivity contribution in [1.82, 2.24) is 4.90 Å². The van der Waals surface area contributed by atoms with Crippen LogP contribution in [0.5, 0.6) is 5.75 Å². The van der Waals surface area contributed by atoms with Crippen LogP contribution in [0, 0.1) is 12.3 Å². The highest BCUT2D eigenvalue weighted by atomic mass is 16.3. The van der Waals surface area contributed by atoms with Crippen LogP contribution in [0.4, 0.5) is 4.79 Å². The van der Waals surface area contributed by atoms with Gasteiger partial charge in [0.1, 0.15) is 17.1 Å². The molecule has 0 saturated carbocycles. The Morgan fingerprint density at radius 2 is 2.10 bits per heavy atom. The van der Waals surface area contributed by atoms with Crippen LogP contribution in [0.2, 0.25) is 0 Å². The smallest absolute Gasteiger partial charge is 0.347 e. The molecule has 1 aliphatic rings. The van der Waals surface area contributed by atoms with Gasteiger partial charge in [-0.15, -0.1) is 6.42 Å². The average molecular weight is 285 g/mol. The molecule has 2 atom stereocenters. The molecule has 2 amide bonds. The number of aliphatic imine (C=N–C) groups is 1. The van der Waals surface area contributed by atoms with Crippen molar-refractivity contribution in [3.05, 3.63) is 29.8 Å². The quantitative estimate of drug-likeness (QED) is 0.829. The Labute approximate surface area is 124 Å². The van der Waals surface area contributed by atoms with E-state index in [2.05, 4.69) is 10.9 Å². The van der Waals surface area contributed by atoms with Crippen molar-refractivity contribution in [3.63, 3.8) is 0 Å². The van der Waals surface area contributed by atoms with Crippen molar-refractivity contribution < 1.29 is 9.90 Å². The molecule has 0 bridgehead atoms. The van der Waals surface area contributed by atoms with E-state index < -0.39 is 5.54 Å². The molecule has 0 aromatic heterocycles. The highest BCUT2D eigenvalue weighted by Crippen LogP contribution is 2.30. The molecule has 3 N–H and O–H groups in total. The molecule has 1 aliphatic heterocycles. The monoisotopic (exact) mass is 285 g/mol. The van der Waals surface area contributed by atoms with Gasteiger partial charge in [0.05, 0.1) is 6.04 Å². The van der Waals surface area contributed by atoms with E-state index in [1.54, 1.807) is 24.0 Å². The molecule has 0 radical (unpaired) electrons. The van der Waals surface area contributed by atoms with Crippen molar-refractivity contribution >= 4 is 11.9 Å². The number of hydrogen-bond acceptors (Lipinski definition) is 3. The predicted octanol–water partition coefficient (Wildman–Crippen LogP) is 1.90. The van der Waals surface area contributed by atoms with Crippen LogP contribution in [0.3, 0.4) is 0 Å². The number of phenolic OH excluding ortho intramolecular Hbond substituents is 1. The number of benzene rings is 1. The standard InChI is InChI=1S/C16H19N3O2/c1-4-11(2)19-15(21)18-14(17)16(19,3)10-9-12-5-7-13(20)8-6-12/h1,5-8,11,20H,9-10H2,2-3H3,(H2,17,18,21). The molecule has 1 heterocycles. The lowest BCUT2D eigenvalue weighted by Crippen LogP contribution is -2.55. The van der Waals surface area contributed by atoms with E-state index in [1.165, 1.54) is 0 Å². The Morgan fingerprint density at radius 3 is 2.67 bits per heavy atom. The molecule has 0 saturated heterocycles. The van der Waals surface area contributed by atoms with E-state index in [0.29, 0.717) is 18.7 Å². The molecule has 0 aliphatic carbocycles. The largest absolute Gasteiger partial charge is 0.508 e. The first-order valence-corrected chi connectivity index (χ1v) is 6.80. The number of phenols is 1. The zero-order valence-electron chi connectivity index (χ0n) is 12.2. The molecule has 21 heavy (non-hydrogen) atoms. The van der Waals surface area contributed by atoms with Crippen molar-refractivity contribution in [2.45, 2.75) is 38.3 Å². The lowest BCUT2D eigenvalue weighted by Gasteiger charge is -2.37. The zero-order chi connectivity index (χ0) is 15.6. The summed E-state index contributed by atoms with van der Waals surface area (Å²) in [6.07, 6.45) is 6.76. The summed E-state index contributed by atoms with van der Waals surface area (Å²) in [6, 6.07) is 6.21. The molecular formula is C16H19N3O2. The maximum absolute atomic E-state index is 12.0. The molecule has 5 nitrogen and oxygen atoms in total. The molecule has 0 spiro atoms. The second-order valence-corrected chi connectivity index (χ2v) is 5.43. The minimum Gasteiger partial charge on any atom is -0.508 e. The number of hydrogen-bond donors (Lipinski definition) is 2. The molecule has 2 unspecified atom stereocenters. The van der Waals surface area contributed by atoms with Gasteiger partial charge in [0, 0.05) is 0 Å². The van der Waals surface area contributed by atoms with Crippen molar-refractivity contribution in [3.8, 4) is 18.1 Å². The Balaban J connectivity index is 2.19. The fraction of sp³-hybridized carbons (Fsp3) is 0.375. The number of aryl methyl sites for hydroxylation is 1. The minimum atomic E-state index is -0.680. The normalized spacial score (nSPS) is 22.8. The third-order valence-electron chi connectivity index (χ3n) is 3.97. The minimum absolute atomic E-state index is 0.227. The van der Waals surface area contributed by atoms with Gasteiger partial charge < -0.3 is 10.8 Å². The number of urea groups is 1. The Hall–Kier alpha value is -2.48. The Bertz CT molecular complexity index is 615. The average Bonchev–Trinajstić information content (AvgIpc) is 2.68. The predicted molar refractivity (Wildman–Crippen MR) is 82.0 cm³/mol.